The minimum absolute atomic E-state index is 0.0805. The summed E-state index contributed by atoms with van der Waals surface area (Å²) in [6.45, 7) is 2.36. The number of aliphatic hydroxyl groups is 1. The zero-order chi connectivity index (χ0) is 13.7. The molecule has 0 saturated carbocycles. The summed E-state index contributed by atoms with van der Waals surface area (Å²) in [7, 11) is 0. The molecule has 0 amide bonds. The lowest BCUT2D eigenvalue weighted by Gasteiger charge is -2.17. The maximum Gasteiger partial charge on any atom is 0.123 e. The van der Waals surface area contributed by atoms with Gasteiger partial charge in [-0.05, 0) is 36.2 Å². The molecule has 1 heterocycles. The Kier molecular flexibility index (Phi) is 4.60. The highest BCUT2D eigenvalue weighted by atomic mass is 19.1. The van der Waals surface area contributed by atoms with Gasteiger partial charge in [-0.15, -0.1) is 0 Å². The molecule has 2 aromatic rings. The Hall–Kier alpha value is -1.78. The largest absolute Gasteiger partial charge is 0.387 e. The van der Waals surface area contributed by atoms with Crippen LogP contribution >= 0.6 is 0 Å². The van der Waals surface area contributed by atoms with Crippen LogP contribution in [-0.2, 0) is 0 Å². The molecular weight excluding hydrogens is 243 g/mol. The summed E-state index contributed by atoms with van der Waals surface area (Å²) in [6.07, 6.45) is 2.78. The van der Waals surface area contributed by atoms with Crippen LogP contribution < -0.4 is 5.32 Å². The molecule has 0 aliphatic heterocycles. The fourth-order valence-corrected chi connectivity index (χ4v) is 1.87. The predicted octanol–water partition coefficient (Wildman–Crippen LogP) is 2.60. The molecule has 0 fully saturated rings. The Morgan fingerprint density at radius 1 is 1.26 bits per heavy atom. The van der Waals surface area contributed by atoms with Crippen LogP contribution in [0, 0.1) is 5.82 Å². The number of benzene rings is 1. The van der Waals surface area contributed by atoms with Gasteiger partial charge < -0.3 is 10.4 Å². The number of hydrogen-bond donors (Lipinski definition) is 2. The van der Waals surface area contributed by atoms with Gasteiger partial charge in [-0.25, -0.2) is 4.39 Å². The molecular formula is C15H17FN2O. The van der Waals surface area contributed by atoms with E-state index in [1.807, 2.05) is 19.1 Å². The van der Waals surface area contributed by atoms with Gasteiger partial charge in [0.15, 0.2) is 0 Å². The first-order valence-electron chi connectivity index (χ1n) is 6.23. The van der Waals surface area contributed by atoms with Gasteiger partial charge >= 0.3 is 0 Å². The number of nitrogens with zero attached hydrogens (tertiary/aromatic N) is 1. The van der Waals surface area contributed by atoms with E-state index >= 15 is 0 Å². The molecule has 19 heavy (non-hydrogen) atoms. The molecule has 4 heteroatoms. The lowest BCUT2D eigenvalue weighted by atomic mass is 10.1. The van der Waals surface area contributed by atoms with Crippen molar-refractivity contribution < 1.29 is 9.50 Å². The van der Waals surface area contributed by atoms with Crippen molar-refractivity contribution in [1.29, 1.82) is 0 Å². The van der Waals surface area contributed by atoms with E-state index < -0.39 is 6.10 Å². The molecule has 0 spiro atoms. The minimum Gasteiger partial charge on any atom is -0.387 e. The van der Waals surface area contributed by atoms with Crippen molar-refractivity contribution in [3.8, 4) is 0 Å². The summed E-state index contributed by atoms with van der Waals surface area (Å²) in [5.74, 6) is -0.336. The molecule has 0 radical (unpaired) electrons. The second kappa shape index (κ2) is 6.41. The van der Waals surface area contributed by atoms with Gasteiger partial charge in [0.2, 0.25) is 0 Å². The Balaban J connectivity index is 1.92. The highest BCUT2D eigenvalue weighted by Gasteiger charge is 2.11. The zero-order valence-electron chi connectivity index (χ0n) is 10.8. The molecule has 1 aromatic carbocycles. The van der Waals surface area contributed by atoms with E-state index in [0.29, 0.717) is 12.1 Å². The molecule has 1 unspecified atom stereocenters. The smallest absolute Gasteiger partial charge is 0.123 e. The Labute approximate surface area is 112 Å². The summed E-state index contributed by atoms with van der Waals surface area (Å²) >= 11 is 0. The van der Waals surface area contributed by atoms with Crippen LogP contribution in [0.5, 0.6) is 0 Å². The number of nitrogens with one attached hydrogen (secondary N) is 1. The molecule has 0 bridgehead atoms. The van der Waals surface area contributed by atoms with Crippen LogP contribution in [0.3, 0.4) is 0 Å². The predicted molar refractivity (Wildman–Crippen MR) is 72.0 cm³/mol. The molecule has 2 N–H and O–H groups in total. The Morgan fingerprint density at radius 2 is 2.05 bits per heavy atom. The topological polar surface area (TPSA) is 45.1 Å². The summed E-state index contributed by atoms with van der Waals surface area (Å²) in [5.41, 5.74) is 1.62. The molecule has 0 aliphatic carbocycles. The van der Waals surface area contributed by atoms with E-state index in [4.69, 9.17) is 0 Å². The number of aromatic nitrogens is 1. The normalized spacial score (nSPS) is 14.1. The van der Waals surface area contributed by atoms with Crippen molar-refractivity contribution in [1.82, 2.24) is 10.3 Å². The van der Waals surface area contributed by atoms with Crippen LogP contribution in [0.25, 0.3) is 0 Å². The Morgan fingerprint density at radius 3 is 2.74 bits per heavy atom. The van der Waals surface area contributed by atoms with Crippen molar-refractivity contribution >= 4 is 0 Å². The molecule has 0 saturated heterocycles. The number of rotatable bonds is 5. The number of pyridine rings is 1. The van der Waals surface area contributed by atoms with E-state index in [2.05, 4.69) is 10.3 Å². The summed E-state index contributed by atoms with van der Waals surface area (Å²) in [4.78, 5) is 4.05. The molecule has 2 rings (SSSR count). The van der Waals surface area contributed by atoms with Gasteiger partial charge in [0.05, 0.1) is 6.10 Å². The fraction of sp³-hybridized carbons (Fsp3) is 0.267. The first kappa shape index (κ1) is 13.6. The van der Waals surface area contributed by atoms with Crippen molar-refractivity contribution in [3.63, 3.8) is 0 Å². The van der Waals surface area contributed by atoms with Gasteiger partial charge in [-0.1, -0.05) is 18.2 Å². The average Bonchev–Trinajstić information content (AvgIpc) is 2.45. The second-order valence-corrected chi connectivity index (χ2v) is 4.49. The van der Waals surface area contributed by atoms with Gasteiger partial charge in [0, 0.05) is 25.0 Å². The third kappa shape index (κ3) is 3.84. The van der Waals surface area contributed by atoms with Gasteiger partial charge in [0.25, 0.3) is 0 Å². The van der Waals surface area contributed by atoms with Gasteiger partial charge in [-0.3, -0.25) is 4.98 Å². The standard InChI is InChI=1S/C15H17FN2O/c1-11(13-5-3-7-17-9-13)18-10-15(19)12-4-2-6-14(16)8-12/h2-9,11,15,18-19H,10H2,1H3/t11-,15?/m1/s1. The van der Waals surface area contributed by atoms with E-state index in [-0.39, 0.29) is 11.9 Å². The minimum atomic E-state index is -0.727. The quantitative estimate of drug-likeness (QED) is 0.868. The van der Waals surface area contributed by atoms with Crippen LogP contribution in [0.1, 0.15) is 30.2 Å². The SMILES string of the molecule is C[C@@H](NCC(O)c1cccc(F)c1)c1cccnc1. The maximum absolute atomic E-state index is 13.1. The third-order valence-electron chi connectivity index (χ3n) is 3.04. The maximum atomic E-state index is 13.1. The summed E-state index contributed by atoms with van der Waals surface area (Å²) < 4.78 is 13.1. The number of hydrogen-bond acceptors (Lipinski definition) is 3. The Bertz CT molecular complexity index is 519. The first-order chi connectivity index (χ1) is 9.16. The van der Waals surface area contributed by atoms with Crippen LogP contribution in [0.2, 0.25) is 0 Å². The van der Waals surface area contributed by atoms with Crippen LogP contribution in [-0.4, -0.2) is 16.6 Å². The van der Waals surface area contributed by atoms with Gasteiger partial charge in [-0.2, -0.15) is 0 Å². The lowest BCUT2D eigenvalue weighted by Crippen LogP contribution is -2.24. The number of aliphatic hydroxyl groups excluding tert-OH is 1. The highest BCUT2D eigenvalue weighted by molar-refractivity contribution is 5.19. The van der Waals surface area contributed by atoms with Gasteiger partial charge in [0.1, 0.15) is 5.82 Å². The molecule has 2 atom stereocenters. The van der Waals surface area contributed by atoms with Crippen molar-refractivity contribution in [2.24, 2.45) is 0 Å². The van der Waals surface area contributed by atoms with Crippen molar-refractivity contribution in [2.75, 3.05) is 6.54 Å². The van der Waals surface area contributed by atoms with Crippen molar-refractivity contribution in [3.05, 3.63) is 65.7 Å². The van der Waals surface area contributed by atoms with Crippen LogP contribution in [0.4, 0.5) is 4.39 Å². The molecule has 1 aromatic heterocycles. The molecule has 100 valence electrons. The average molecular weight is 260 g/mol. The van der Waals surface area contributed by atoms with Crippen LogP contribution in [0.15, 0.2) is 48.8 Å². The number of halogens is 1. The summed E-state index contributed by atoms with van der Waals surface area (Å²) in [6, 6.07) is 9.94. The fourth-order valence-electron chi connectivity index (χ4n) is 1.87. The van der Waals surface area contributed by atoms with Crippen molar-refractivity contribution in [2.45, 2.75) is 19.1 Å². The van der Waals surface area contributed by atoms with E-state index in [1.54, 1.807) is 24.5 Å². The highest BCUT2D eigenvalue weighted by Crippen LogP contribution is 2.15. The second-order valence-electron chi connectivity index (χ2n) is 4.49. The van der Waals surface area contributed by atoms with E-state index in [9.17, 15) is 9.50 Å². The molecule has 3 nitrogen and oxygen atoms in total. The zero-order valence-corrected chi connectivity index (χ0v) is 10.8. The monoisotopic (exact) mass is 260 g/mol. The molecule has 0 aliphatic rings. The first-order valence-corrected chi connectivity index (χ1v) is 6.23. The third-order valence-corrected chi connectivity index (χ3v) is 3.04. The van der Waals surface area contributed by atoms with E-state index in [1.165, 1.54) is 12.1 Å². The van der Waals surface area contributed by atoms with E-state index in [0.717, 1.165) is 5.56 Å². The summed E-state index contributed by atoms with van der Waals surface area (Å²) in [5, 5.41) is 13.2. The lowest BCUT2D eigenvalue weighted by molar-refractivity contribution is 0.170.